The lowest BCUT2D eigenvalue weighted by Gasteiger charge is -2.36. The first kappa shape index (κ1) is 39.5. The van der Waals surface area contributed by atoms with E-state index in [1.807, 2.05) is 90.6 Å². The van der Waals surface area contributed by atoms with Gasteiger partial charge in [0.2, 0.25) is 17.7 Å². The van der Waals surface area contributed by atoms with Crippen LogP contribution < -0.4 is 19.1 Å². The molecule has 2 fully saturated rings. The highest BCUT2D eigenvalue weighted by Crippen LogP contribution is 2.37. The van der Waals surface area contributed by atoms with E-state index in [2.05, 4.69) is 63.0 Å². The van der Waals surface area contributed by atoms with Gasteiger partial charge >= 0.3 is 0 Å². The lowest BCUT2D eigenvalue weighted by atomic mass is 9.84. The number of hydrogen-bond acceptors (Lipinski definition) is 7. The Morgan fingerprint density at radius 2 is 1.50 bits per heavy atom. The van der Waals surface area contributed by atoms with Gasteiger partial charge in [0.05, 0.1) is 17.2 Å². The molecular weight excluding hydrogens is 790 g/mol. The van der Waals surface area contributed by atoms with Crippen molar-refractivity contribution in [3.05, 3.63) is 130 Å². The minimum absolute atomic E-state index is 0.279. The molecule has 10 heteroatoms. The molecule has 1 aliphatic heterocycles. The monoisotopic (exact) mass is 841 g/mol. The fourth-order valence-electron chi connectivity index (χ4n) is 8.24. The number of amides is 1. The fraction of sp³-hybridized carbons (Fsp3) is 0.354. The quantitative estimate of drug-likeness (QED) is 0.108. The van der Waals surface area contributed by atoms with Crippen LogP contribution in [-0.4, -0.2) is 57.9 Å². The predicted octanol–water partition coefficient (Wildman–Crippen LogP) is 10.3. The second-order valence-corrected chi connectivity index (χ2v) is 16.5. The number of ether oxygens (including phenoxy) is 3. The van der Waals surface area contributed by atoms with Crippen LogP contribution in [0, 0.1) is 12.8 Å². The smallest absolute Gasteiger partial charge is 0.226 e. The SMILES string of the molecule is Cc1c(Br)cccc1OC1CCC(CCCC(=O)N2CCN(c3ccc4c(-c5ccc(OCc6ccccc6)nc5OCc5ccccc5)nn(C)c4c3)CC2)CC1. The zero-order chi connectivity index (χ0) is 39.8. The Morgan fingerprint density at radius 3 is 2.22 bits per heavy atom. The van der Waals surface area contributed by atoms with E-state index in [1.165, 1.54) is 12.8 Å². The number of halogens is 1. The first-order valence-electron chi connectivity index (χ1n) is 20.6. The van der Waals surface area contributed by atoms with Crippen LogP contribution in [0.25, 0.3) is 22.2 Å². The Labute approximate surface area is 350 Å². The summed E-state index contributed by atoms with van der Waals surface area (Å²) in [6.45, 7) is 5.95. The Morgan fingerprint density at radius 1 is 0.793 bits per heavy atom. The summed E-state index contributed by atoms with van der Waals surface area (Å²) in [6.07, 6.45) is 7.48. The van der Waals surface area contributed by atoms with Gasteiger partial charge in [0.15, 0.2) is 0 Å². The molecule has 0 atom stereocenters. The summed E-state index contributed by atoms with van der Waals surface area (Å²) in [7, 11) is 1.98. The first-order valence-corrected chi connectivity index (χ1v) is 21.4. The van der Waals surface area contributed by atoms with Gasteiger partial charge in [0.25, 0.3) is 0 Å². The number of carbonyl (C=O) groups is 1. The molecule has 300 valence electrons. The molecule has 1 aliphatic carbocycles. The molecular formula is C48H52BrN5O4. The Bertz CT molecular complexity index is 2300. The van der Waals surface area contributed by atoms with E-state index < -0.39 is 0 Å². The van der Waals surface area contributed by atoms with Crippen molar-refractivity contribution >= 4 is 38.4 Å². The molecule has 58 heavy (non-hydrogen) atoms. The standard InChI is InChI=1S/C48H52BrN5O4/c1-34-42(49)16-10-17-44(34)58-39-22-19-35(20-23-39)15-9-18-46(55)54-29-27-53(28-30-54)38-21-24-40-43(31-38)52(2)51-47(40)41-25-26-45(56-32-36-11-5-3-6-12-36)50-48(41)57-33-37-13-7-4-8-14-37/h3-8,10-14,16-17,21,24-26,31,35,39H,9,15,18-20,22-23,27-30,32-33H2,1-2H3. The molecule has 2 aromatic heterocycles. The second kappa shape index (κ2) is 18.5. The van der Waals surface area contributed by atoms with Crippen LogP contribution in [0.5, 0.6) is 17.5 Å². The van der Waals surface area contributed by atoms with Gasteiger partial charge in [-0.1, -0.05) is 82.7 Å². The number of benzene rings is 4. The van der Waals surface area contributed by atoms with E-state index in [1.54, 1.807) is 0 Å². The summed E-state index contributed by atoms with van der Waals surface area (Å²) >= 11 is 3.62. The zero-order valence-corrected chi connectivity index (χ0v) is 35.1. The molecule has 1 amide bonds. The van der Waals surface area contributed by atoms with Crippen LogP contribution >= 0.6 is 15.9 Å². The molecule has 8 rings (SSSR count). The van der Waals surface area contributed by atoms with Crippen LogP contribution in [-0.2, 0) is 25.1 Å². The Hall–Kier alpha value is -5.35. The van der Waals surface area contributed by atoms with Crippen molar-refractivity contribution in [2.75, 3.05) is 31.1 Å². The highest BCUT2D eigenvalue weighted by atomic mass is 79.9. The predicted molar refractivity (Wildman–Crippen MR) is 233 cm³/mol. The van der Waals surface area contributed by atoms with Crippen molar-refractivity contribution < 1.29 is 19.0 Å². The molecule has 3 heterocycles. The van der Waals surface area contributed by atoms with E-state index in [4.69, 9.17) is 24.3 Å². The number of fused-ring (bicyclic) bond motifs is 1. The molecule has 0 N–H and O–H groups in total. The van der Waals surface area contributed by atoms with Crippen LogP contribution in [0.2, 0.25) is 0 Å². The van der Waals surface area contributed by atoms with Gasteiger partial charge in [0, 0.05) is 66.8 Å². The van der Waals surface area contributed by atoms with E-state index in [-0.39, 0.29) is 12.0 Å². The molecule has 4 aromatic carbocycles. The highest BCUT2D eigenvalue weighted by Gasteiger charge is 2.26. The highest BCUT2D eigenvalue weighted by molar-refractivity contribution is 9.10. The number of rotatable bonds is 14. The van der Waals surface area contributed by atoms with Crippen LogP contribution in [0.4, 0.5) is 5.69 Å². The van der Waals surface area contributed by atoms with Crippen LogP contribution in [0.15, 0.2) is 114 Å². The summed E-state index contributed by atoms with van der Waals surface area (Å²) in [5, 5.41) is 6.00. The molecule has 0 unspecified atom stereocenters. The molecule has 0 bridgehead atoms. The molecule has 2 aliphatic rings. The van der Waals surface area contributed by atoms with Gasteiger partial charge in [0.1, 0.15) is 24.7 Å². The van der Waals surface area contributed by atoms with Crippen molar-refractivity contribution in [3.8, 4) is 28.8 Å². The maximum Gasteiger partial charge on any atom is 0.226 e. The number of carbonyl (C=O) groups excluding carboxylic acids is 1. The van der Waals surface area contributed by atoms with Crippen molar-refractivity contribution in [1.29, 1.82) is 0 Å². The summed E-state index contributed by atoms with van der Waals surface area (Å²) < 4.78 is 21.8. The largest absolute Gasteiger partial charge is 0.490 e. The third-order valence-electron chi connectivity index (χ3n) is 11.7. The average Bonchev–Trinajstić information content (AvgIpc) is 3.60. The van der Waals surface area contributed by atoms with Crippen molar-refractivity contribution in [3.63, 3.8) is 0 Å². The number of aryl methyl sites for hydroxylation is 1. The van der Waals surface area contributed by atoms with Crippen molar-refractivity contribution in [2.24, 2.45) is 13.0 Å². The van der Waals surface area contributed by atoms with E-state index >= 15 is 0 Å². The molecule has 0 spiro atoms. The number of hydrogen-bond donors (Lipinski definition) is 0. The third kappa shape index (κ3) is 9.50. The van der Waals surface area contributed by atoms with Crippen LogP contribution in [0.3, 0.4) is 0 Å². The molecule has 1 saturated carbocycles. The van der Waals surface area contributed by atoms with Crippen molar-refractivity contribution in [1.82, 2.24) is 19.7 Å². The van der Waals surface area contributed by atoms with Gasteiger partial charge in [-0.25, -0.2) is 0 Å². The first-order chi connectivity index (χ1) is 28.4. The van der Waals surface area contributed by atoms with Crippen molar-refractivity contribution in [2.45, 2.75) is 71.2 Å². The Balaban J connectivity index is 0.859. The van der Waals surface area contributed by atoms with E-state index in [9.17, 15) is 4.79 Å². The molecule has 1 saturated heterocycles. The van der Waals surface area contributed by atoms with Gasteiger partial charge in [-0.15, -0.1) is 0 Å². The fourth-order valence-corrected chi connectivity index (χ4v) is 8.59. The summed E-state index contributed by atoms with van der Waals surface area (Å²) in [5.74, 6) is 2.91. The molecule has 6 aromatic rings. The number of pyridine rings is 1. The summed E-state index contributed by atoms with van der Waals surface area (Å²) in [4.78, 5) is 22.5. The topological polar surface area (TPSA) is 82.0 Å². The number of aromatic nitrogens is 3. The average molecular weight is 843 g/mol. The maximum absolute atomic E-state index is 13.3. The molecule has 0 radical (unpaired) electrons. The normalized spacial score (nSPS) is 17.0. The van der Waals surface area contributed by atoms with Gasteiger partial charge in [-0.05, 0) is 98.9 Å². The number of piperazine rings is 1. The van der Waals surface area contributed by atoms with Gasteiger partial charge < -0.3 is 24.0 Å². The number of anilines is 1. The lowest BCUT2D eigenvalue weighted by molar-refractivity contribution is -0.131. The molecule has 9 nitrogen and oxygen atoms in total. The second-order valence-electron chi connectivity index (χ2n) is 15.6. The minimum Gasteiger partial charge on any atom is -0.490 e. The minimum atomic E-state index is 0.279. The third-order valence-corrected chi connectivity index (χ3v) is 12.5. The van der Waals surface area contributed by atoms with E-state index in [0.717, 1.165) is 107 Å². The summed E-state index contributed by atoms with van der Waals surface area (Å²) in [6, 6.07) is 36.7. The van der Waals surface area contributed by atoms with Crippen LogP contribution in [0.1, 0.15) is 61.6 Å². The maximum atomic E-state index is 13.3. The van der Waals surface area contributed by atoms with E-state index in [0.29, 0.717) is 37.3 Å². The van der Waals surface area contributed by atoms with Gasteiger partial charge in [-0.2, -0.15) is 10.1 Å². The van der Waals surface area contributed by atoms with Gasteiger partial charge in [-0.3, -0.25) is 9.48 Å². The lowest BCUT2D eigenvalue weighted by Crippen LogP contribution is -2.48. The zero-order valence-electron chi connectivity index (χ0n) is 33.5. The number of nitrogens with zero attached hydrogens (tertiary/aromatic N) is 5. The summed E-state index contributed by atoms with van der Waals surface area (Å²) in [5.41, 5.74) is 7.05. The Kier molecular flexibility index (Phi) is 12.6.